The number of nitrogens with zero attached hydrogens (tertiary/aromatic N) is 5. The highest BCUT2D eigenvalue weighted by molar-refractivity contribution is 5.47. The van der Waals surface area contributed by atoms with E-state index in [1.807, 2.05) is 4.52 Å². The van der Waals surface area contributed by atoms with Crippen molar-refractivity contribution in [1.82, 2.24) is 19.6 Å². The molecule has 1 aliphatic rings. The Kier molecular flexibility index (Phi) is 4.15. The molecule has 1 fully saturated rings. The van der Waals surface area contributed by atoms with Crippen LogP contribution in [0.1, 0.15) is 43.4 Å². The number of anilines is 1. The van der Waals surface area contributed by atoms with Crippen molar-refractivity contribution in [2.24, 2.45) is 0 Å². The summed E-state index contributed by atoms with van der Waals surface area (Å²) < 4.78 is 1.88. The zero-order chi connectivity index (χ0) is 16.4. The van der Waals surface area contributed by atoms with Gasteiger partial charge in [0.05, 0.1) is 0 Å². The van der Waals surface area contributed by atoms with Crippen molar-refractivity contribution in [3.05, 3.63) is 54.0 Å². The Labute approximate surface area is 142 Å². The normalized spacial score (nSPS) is 18.7. The smallest absolute Gasteiger partial charge is 0.254 e. The van der Waals surface area contributed by atoms with Crippen LogP contribution in [0.5, 0.6) is 0 Å². The van der Waals surface area contributed by atoms with Crippen molar-refractivity contribution in [2.75, 3.05) is 18.0 Å². The first-order valence-corrected chi connectivity index (χ1v) is 8.84. The average Bonchev–Trinajstić information content (AvgIpc) is 2.97. The molecular formula is C19H23N5. The first-order valence-electron chi connectivity index (χ1n) is 8.84. The zero-order valence-electron chi connectivity index (χ0n) is 14.1. The molecule has 0 bridgehead atoms. The Morgan fingerprint density at radius 1 is 1.12 bits per heavy atom. The Bertz CT molecular complexity index is 811. The predicted molar refractivity (Wildman–Crippen MR) is 95.4 cm³/mol. The van der Waals surface area contributed by atoms with E-state index in [1.54, 1.807) is 6.33 Å². The molecule has 5 heteroatoms. The molecule has 1 aromatic carbocycles. The summed E-state index contributed by atoms with van der Waals surface area (Å²) in [7, 11) is 0. The zero-order valence-corrected chi connectivity index (χ0v) is 14.1. The fourth-order valence-electron chi connectivity index (χ4n) is 3.63. The van der Waals surface area contributed by atoms with E-state index in [-0.39, 0.29) is 0 Å². The van der Waals surface area contributed by atoms with Gasteiger partial charge >= 0.3 is 0 Å². The SMILES string of the molecule is CCc1cc(N2CCCC(c3ccccc3)CC2)n2ncnc2n1. The molecule has 0 saturated carbocycles. The van der Waals surface area contributed by atoms with Crippen LogP contribution in [0.15, 0.2) is 42.7 Å². The molecule has 0 N–H and O–H groups in total. The molecule has 0 spiro atoms. The average molecular weight is 321 g/mol. The van der Waals surface area contributed by atoms with Crippen LogP contribution in [-0.2, 0) is 6.42 Å². The molecule has 0 radical (unpaired) electrons. The van der Waals surface area contributed by atoms with Crippen molar-refractivity contribution >= 4 is 11.6 Å². The number of aryl methyl sites for hydroxylation is 1. The first-order chi connectivity index (χ1) is 11.8. The standard InChI is InChI=1S/C19H23N5/c1-2-17-13-18(24-19(22-17)20-14-21-24)23-11-6-9-16(10-12-23)15-7-4-3-5-8-15/h3-5,7-8,13-14,16H,2,6,9-12H2,1H3. The van der Waals surface area contributed by atoms with Crippen LogP contribution >= 0.6 is 0 Å². The number of hydrogen-bond donors (Lipinski definition) is 0. The van der Waals surface area contributed by atoms with Crippen molar-refractivity contribution in [3.63, 3.8) is 0 Å². The topological polar surface area (TPSA) is 46.3 Å². The van der Waals surface area contributed by atoms with Crippen LogP contribution in [-0.4, -0.2) is 32.7 Å². The summed E-state index contributed by atoms with van der Waals surface area (Å²) in [5.41, 5.74) is 2.54. The molecule has 4 rings (SSSR count). The molecule has 1 saturated heterocycles. The third kappa shape index (κ3) is 2.86. The van der Waals surface area contributed by atoms with Crippen molar-refractivity contribution in [3.8, 4) is 0 Å². The van der Waals surface area contributed by atoms with E-state index in [4.69, 9.17) is 0 Å². The van der Waals surface area contributed by atoms with Crippen LogP contribution in [0.2, 0.25) is 0 Å². The summed E-state index contributed by atoms with van der Waals surface area (Å²) in [4.78, 5) is 11.3. The van der Waals surface area contributed by atoms with Crippen molar-refractivity contribution in [2.45, 2.75) is 38.5 Å². The van der Waals surface area contributed by atoms with E-state index in [1.165, 1.54) is 24.8 Å². The predicted octanol–water partition coefficient (Wildman–Crippen LogP) is 3.46. The van der Waals surface area contributed by atoms with Gasteiger partial charge in [0.15, 0.2) is 0 Å². The minimum atomic E-state index is 0.648. The third-order valence-electron chi connectivity index (χ3n) is 4.97. The van der Waals surface area contributed by atoms with E-state index in [0.29, 0.717) is 11.7 Å². The fraction of sp³-hybridized carbons (Fsp3) is 0.421. The van der Waals surface area contributed by atoms with Gasteiger partial charge in [-0.1, -0.05) is 37.3 Å². The number of aromatic nitrogens is 4. The van der Waals surface area contributed by atoms with Gasteiger partial charge < -0.3 is 4.90 Å². The lowest BCUT2D eigenvalue weighted by molar-refractivity contribution is 0.611. The van der Waals surface area contributed by atoms with E-state index in [2.05, 4.69) is 63.3 Å². The van der Waals surface area contributed by atoms with Gasteiger partial charge in [-0.05, 0) is 37.2 Å². The molecule has 124 valence electrons. The molecule has 24 heavy (non-hydrogen) atoms. The van der Waals surface area contributed by atoms with E-state index in [9.17, 15) is 0 Å². The van der Waals surface area contributed by atoms with Crippen LogP contribution in [0.4, 0.5) is 5.82 Å². The third-order valence-corrected chi connectivity index (χ3v) is 4.97. The second-order valence-electron chi connectivity index (χ2n) is 6.46. The molecule has 0 amide bonds. The van der Waals surface area contributed by atoms with E-state index >= 15 is 0 Å². The Balaban J connectivity index is 1.60. The summed E-state index contributed by atoms with van der Waals surface area (Å²) >= 11 is 0. The van der Waals surface area contributed by atoms with Gasteiger partial charge in [-0.15, -0.1) is 0 Å². The van der Waals surface area contributed by atoms with Gasteiger partial charge in [0.25, 0.3) is 5.78 Å². The largest absolute Gasteiger partial charge is 0.356 e. The number of benzene rings is 1. The molecule has 5 nitrogen and oxygen atoms in total. The molecule has 1 unspecified atom stereocenters. The van der Waals surface area contributed by atoms with Gasteiger partial charge in [0.1, 0.15) is 12.1 Å². The van der Waals surface area contributed by atoms with Crippen molar-refractivity contribution in [1.29, 1.82) is 0 Å². The highest BCUT2D eigenvalue weighted by Gasteiger charge is 2.21. The lowest BCUT2D eigenvalue weighted by atomic mass is 9.92. The number of rotatable bonds is 3. The minimum absolute atomic E-state index is 0.648. The molecule has 3 aromatic rings. The summed E-state index contributed by atoms with van der Waals surface area (Å²) in [5.74, 6) is 2.48. The molecular weight excluding hydrogens is 298 g/mol. The van der Waals surface area contributed by atoms with Crippen LogP contribution in [0.25, 0.3) is 5.78 Å². The molecule has 2 aromatic heterocycles. The van der Waals surface area contributed by atoms with Gasteiger partial charge in [-0.2, -0.15) is 14.6 Å². The number of hydrogen-bond acceptors (Lipinski definition) is 4. The Morgan fingerprint density at radius 3 is 2.83 bits per heavy atom. The monoisotopic (exact) mass is 321 g/mol. The highest BCUT2D eigenvalue weighted by Crippen LogP contribution is 2.30. The maximum atomic E-state index is 4.56. The van der Waals surface area contributed by atoms with Gasteiger partial charge in [-0.3, -0.25) is 0 Å². The number of fused-ring (bicyclic) bond motifs is 1. The summed E-state index contributed by atoms with van der Waals surface area (Å²) in [6.45, 7) is 4.24. The van der Waals surface area contributed by atoms with Crippen molar-refractivity contribution < 1.29 is 0 Å². The van der Waals surface area contributed by atoms with Gasteiger partial charge in [0, 0.05) is 24.8 Å². The van der Waals surface area contributed by atoms with Gasteiger partial charge in [0.2, 0.25) is 0 Å². The molecule has 1 atom stereocenters. The highest BCUT2D eigenvalue weighted by atomic mass is 15.4. The summed E-state index contributed by atoms with van der Waals surface area (Å²) in [5, 5.41) is 4.38. The Hall–Kier alpha value is -2.43. The van der Waals surface area contributed by atoms with Crippen LogP contribution in [0, 0.1) is 0 Å². The quantitative estimate of drug-likeness (QED) is 0.741. The lowest BCUT2D eigenvalue weighted by Gasteiger charge is -2.23. The van der Waals surface area contributed by atoms with Crippen LogP contribution < -0.4 is 4.90 Å². The maximum absolute atomic E-state index is 4.56. The first kappa shape index (κ1) is 15.1. The fourth-order valence-corrected chi connectivity index (χ4v) is 3.63. The molecule has 3 heterocycles. The molecule has 1 aliphatic heterocycles. The maximum Gasteiger partial charge on any atom is 0.254 e. The Morgan fingerprint density at radius 2 is 2.00 bits per heavy atom. The van der Waals surface area contributed by atoms with Crippen LogP contribution in [0.3, 0.4) is 0 Å². The summed E-state index contributed by atoms with van der Waals surface area (Å²) in [6.07, 6.45) is 6.11. The minimum Gasteiger partial charge on any atom is -0.356 e. The van der Waals surface area contributed by atoms with Gasteiger partial charge in [-0.25, -0.2) is 4.98 Å². The lowest BCUT2D eigenvalue weighted by Crippen LogP contribution is -2.27. The van der Waals surface area contributed by atoms with E-state index < -0.39 is 0 Å². The second-order valence-corrected chi connectivity index (χ2v) is 6.46. The second kappa shape index (κ2) is 6.59. The molecule has 0 aliphatic carbocycles. The van der Waals surface area contributed by atoms with E-state index in [0.717, 1.165) is 31.0 Å². The summed E-state index contributed by atoms with van der Waals surface area (Å²) in [6, 6.07) is 13.1.